The van der Waals surface area contributed by atoms with Crippen LogP contribution in [-0.4, -0.2) is 0 Å². The molecule has 0 saturated heterocycles. The van der Waals surface area contributed by atoms with Gasteiger partial charge >= 0.3 is 0 Å². The summed E-state index contributed by atoms with van der Waals surface area (Å²) in [6.07, 6.45) is 0. The van der Waals surface area contributed by atoms with Crippen LogP contribution in [0.25, 0.3) is 66.1 Å². The minimum Gasteiger partial charge on any atom is -0.0888 e. The van der Waals surface area contributed by atoms with E-state index in [1.165, 1.54) is 98.1 Å². The molecule has 1 heteroatoms. The molecule has 3 aliphatic rings. The normalized spacial score (nSPS) is 14.2. The molecule has 0 amide bonds. The van der Waals surface area contributed by atoms with Gasteiger partial charge in [-0.3, -0.25) is 0 Å². The third-order valence-corrected chi connectivity index (χ3v) is 11.8. The second kappa shape index (κ2) is 8.88. The van der Waals surface area contributed by atoms with Gasteiger partial charge in [-0.05, 0) is 101 Å². The molecule has 0 nitrogen and oxygen atoms in total. The summed E-state index contributed by atoms with van der Waals surface area (Å²) in [6.45, 7) is 0. The Morgan fingerprint density at radius 1 is 0.370 bits per heavy atom. The molecular weight excluding hydrogens is 573 g/mol. The second-order valence-electron chi connectivity index (χ2n) is 12.8. The largest absolute Gasteiger partial charge is 0.0888 e. The van der Waals surface area contributed by atoms with Gasteiger partial charge in [0.1, 0.15) is 0 Å². The average Bonchev–Trinajstić information content (AvgIpc) is 3.59. The monoisotopic (exact) mass is 598 g/mol. The van der Waals surface area contributed by atoms with E-state index >= 15 is 0 Å². The molecule has 0 saturated carbocycles. The Labute approximate surface area is 272 Å². The maximum absolute atomic E-state index is 2.51. The summed E-state index contributed by atoms with van der Waals surface area (Å²) < 4.78 is 0. The van der Waals surface area contributed by atoms with E-state index in [-0.39, 0.29) is 5.41 Å². The van der Waals surface area contributed by atoms with Crippen molar-refractivity contribution in [2.45, 2.75) is 15.2 Å². The zero-order chi connectivity index (χ0) is 30.0. The number of fused-ring (bicyclic) bond motifs is 14. The van der Waals surface area contributed by atoms with Crippen LogP contribution >= 0.6 is 11.8 Å². The molecular formula is C45H26S. The third kappa shape index (κ3) is 3.02. The molecule has 0 N–H and O–H groups in total. The van der Waals surface area contributed by atoms with Crippen LogP contribution in [0.15, 0.2) is 168 Å². The Bertz CT molecular complexity index is 2570. The SMILES string of the molecule is c1ccc2c(c1)-c1ccccc1C21c2cc(-c3ccc4c(c3)Sc3cccc5cccc-4c35)ccc2-c2c1ccc1ccccc21. The van der Waals surface area contributed by atoms with Gasteiger partial charge in [0, 0.05) is 15.2 Å². The van der Waals surface area contributed by atoms with Crippen LogP contribution in [0.2, 0.25) is 0 Å². The van der Waals surface area contributed by atoms with E-state index in [4.69, 9.17) is 0 Å². The van der Waals surface area contributed by atoms with E-state index in [1.54, 1.807) is 0 Å². The van der Waals surface area contributed by atoms with Crippen molar-refractivity contribution < 1.29 is 0 Å². The van der Waals surface area contributed by atoms with Crippen LogP contribution in [0, 0.1) is 0 Å². The fraction of sp³-hybridized carbons (Fsp3) is 0.0222. The van der Waals surface area contributed by atoms with Crippen molar-refractivity contribution in [3.05, 3.63) is 180 Å². The molecule has 0 unspecified atom stereocenters. The van der Waals surface area contributed by atoms with Gasteiger partial charge in [0.25, 0.3) is 0 Å². The molecule has 0 radical (unpaired) electrons. The van der Waals surface area contributed by atoms with E-state index in [0.717, 1.165) is 0 Å². The van der Waals surface area contributed by atoms with Crippen LogP contribution in [0.3, 0.4) is 0 Å². The van der Waals surface area contributed by atoms with Crippen molar-refractivity contribution in [1.82, 2.24) is 0 Å². The first kappa shape index (κ1) is 24.9. The molecule has 8 aromatic rings. The summed E-state index contributed by atoms with van der Waals surface area (Å²) in [5, 5.41) is 5.30. The minimum absolute atomic E-state index is 0.366. The van der Waals surface area contributed by atoms with Crippen LogP contribution in [0.5, 0.6) is 0 Å². The Kier molecular flexibility index (Phi) is 4.80. The van der Waals surface area contributed by atoms with Crippen LogP contribution in [0.4, 0.5) is 0 Å². The maximum Gasteiger partial charge on any atom is 0.0725 e. The summed E-state index contributed by atoms with van der Waals surface area (Å²) in [5.41, 5.74) is 15.8. The van der Waals surface area contributed by atoms with Gasteiger partial charge in [0.15, 0.2) is 0 Å². The highest BCUT2D eigenvalue weighted by Gasteiger charge is 2.52. The van der Waals surface area contributed by atoms with Crippen molar-refractivity contribution in [2.24, 2.45) is 0 Å². The van der Waals surface area contributed by atoms with E-state index in [0.29, 0.717) is 0 Å². The lowest BCUT2D eigenvalue weighted by molar-refractivity contribution is 0.795. The molecule has 0 aromatic heterocycles. The van der Waals surface area contributed by atoms with E-state index in [2.05, 4.69) is 158 Å². The summed E-state index contributed by atoms with van der Waals surface area (Å²) in [6, 6.07) is 59.5. The highest BCUT2D eigenvalue weighted by Crippen LogP contribution is 2.64. The second-order valence-corrected chi connectivity index (χ2v) is 13.9. The maximum atomic E-state index is 2.51. The molecule has 212 valence electrons. The fourth-order valence-electron chi connectivity index (χ4n) is 8.83. The van der Waals surface area contributed by atoms with Gasteiger partial charge in [0.05, 0.1) is 5.41 Å². The van der Waals surface area contributed by atoms with Gasteiger partial charge in [-0.25, -0.2) is 0 Å². The predicted octanol–water partition coefficient (Wildman–Crippen LogP) is 12.1. The van der Waals surface area contributed by atoms with Crippen molar-refractivity contribution >= 4 is 33.3 Å². The van der Waals surface area contributed by atoms with E-state index < -0.39 is 0 Å². The zero-order valence-corrected chi connectivity index (χ0v) is 25.7. The molecule has 0 atom stereocenters. The number of rotatable bonds is 1. The van der Waals surface area contributed by atoms with Crippen LogP contribution in [-0.2, 0) is 5.41 Å². The topological polar surface area (TPSA) is 0 Å². The standard InChI is InChI=1S/C45H26S/c1-2-12-31-27(9-1)21-24-39-44(31)36-23-20-29(25-40(36)45(39)37-16-5-3-13-32(37)33-14-4-6-17-38(33)45)30-19-22-34-35-15-7-10-28-11-8-18-41(43(28)35)46-42(34)26-30/h1-26H. The van der Waals surface area contributed by atoms with Crippen molar-refractivity contribution in [3.8, 4) is 44.5 Å². The fourth-order valence-corrected chi connectivity index (χ4v) is 10.0. The smallest absolute Gasteiger partial charge is 0.0725 e. The first-order chi connectivity index (χ1) is 22.8. The Morgan fingerprint density at radius 2 is 1.02 bits per heavy atom. The Morgan fingerprint density at radius 3 is 1.85 bits per heavy atom. The quantitative estimate of drug-likeness (QED) is 0.181. The highest BCUT2D eigenvalue weighted by molar-refractivity contribution is 7.99. The predicted molar refractivity (Wildman–Crippen MR) is 193 cm³/mol. The molecule has 1 aliphatic heterocycles. The molecule has 8 aromatic carbocycles. The van der Waals surface area contributed by atoms with Gasteiger partial charge < -0.3 is 0 Å². The average molecular weight is 599 g/mol. The first-order valence-electron chi connectivity index (χ1n) is 16.0. The number of hydrogen-bond acceptors (Lipinski definition) is 1. The number of hydrogen-bond donors (Lipinski definition) is 0. The number of benzene rings is 8. The molecule has 0 fully saturated rings. The van der Waals surface area contributed by atoms with Crippen LogP contribution in [0.1, 0.15) is 22.3 Å². The van der Waals surface area contributed by atoms with Gasteiger partial charge in [-0.15, -0.1) is 0 Å². The Balaban J connectivity index is 1.18. The highest BCUT2D eigenvalue weighted by atomic mass is 32.2. The Hall–Kier alpha value is -5.37. The lowest BCUT2D eigenvalue weighted by Crippen LogP contribution is -2.25. The molecule has 11 rings (SSSR count). The summed E-state index contributed by atoms with van der Waals surface area (Å²) in [4.78, 5) is 2.66. The van der Waals surface area contributed by atoms with Gasteiger partial charge in [0.2, 0.25) is 0 Å². The molecule has 0 bridgehead atoms. The lowest BCUT2D eigenvalue weighted by Gasteiger charge is -2.31. The van der Waals surface area contributed by atoms with Crippen molar-refractivity contribution in [2.75, 3.05) is 0 Å². The zero-order valence-electron chi connectivity index (χ0n) is 24.9. The lowest BCUT2D eigenvalue weighted by atomic mass is 9.70. The summed E-state index contributed by atoms with van der Waals surface area (Å²) in [7, 11) is 0. The molecule has 1 spiro atoms. The van der Waals surface area contributed by atoms with Crippen molar-refractivity contribution in [1.29, 1.82) is 0 Å². The third-order valence-electron chi connectivity index (χ3n) is 10.7. The summed E-state index contributed by atoms with van der Waals surface area (Å²) >= 11 is 1.90. The van der Waals surface area contributed by atoms with Crippen molar-refractivity contribution in [3.63, 3.8) is 0 Å². The van der Waals surface area contributed by atoms with Gasteiger partial charge in [-0.1, -0.05) is 151 Å². The van der Waals surface area contributed by atoms with Crippen LogP contribution < -0.4 is 0 Å². The summed E-state index contributed by atoms with van der Waals surface area (Å²) in [5.74, 6) is 0. The molecule has 2 aliphatic carbocycles. The molecule has 1 heterocycles. The van der Waals surface area contributed by atoms with E-state index in [9.17, 15) is 0 Å². The van der Waals surface area contributed by atoms with E-state index in [1.807, 2.05) is 11.8 Å². The molecule has 46 heavy (non-hydrogen) atoms. The van der Waals surface area contributed by atoms with Gasteiger partial charge in [-0.2, -0.15) is 0 Å². The first-order valence-corrected chi connectivity index (χ1v) is 16.8. The minimum atomic E-state index is -0.366.